The zero-order valence-corrected chi connectivity index (χ0v) is 11.8. The molecule has 19 heavy (non-hydrogen) atoms. The molecule has 0 N–H and O–H groups in total. The van der Waals surface area contributed by atoms with E-state index in [9.17, 15) is 4.79 Å². The van der Waals surface area contributed by atoms with Gasteiger partial charge in [-0.25, -0.2) is 4.79 Å². The Kier molecular flexibility index (Phi) is 3.32. The predicted octanol–water partition coefficient (Wildman–Crippen LogP) is 2.01. The first-order chi connectivity index (χ1) is 8.79. The highest BCUT2D eigenvalue weighted by atomic mass is 35.5. The smallest absolute Gasteiger partial charge is 0.373 e. The number of carbonyl (C=O) groups excluding carboxylic acids is 1. The van der Waals surface area contributed by atoms with Gasteiger partial charge in [0, 0.05) is 12.6 Å². The molecule has 8 heteroatoms. The summed E-state index contributed by atoms with van der Waals surface area (Å²) in [6.07, 6.45) is -0.538. The van der Waals surface area contributed by atoms with Crippen molar-refractivity contribution in [2.45, 2.75) is 26.3 Å². The highest BCUT2D eigenvalue weighted by molar-refractivity contribution is 6.29. The number of nitrogens with zero attached hydrogens (tertiary/aromatic N) is 5. The van der Waals surface area contributed by atoms with Crippen molar-refractivity contribution in [3.05, 3.63) is 17.3 Å². The molecule has 0 aliphatic heterocycles. The van der Waals surface area contributed by atoms with E-state index in [2.05, 4.69) is 15.3 Å². The lowest BCUT2D eigenvalue weighted by atomic mass is 10.1. The van der Waals surface area contributed by atoms with Crippen molar-refractivity contribution in [2.24, 2.45) is 0 Å². The van der Waals surface area contributed by atoms with E-state index >= 15 is 0 Å². The molecule has 0 aliphatic carbocycles. The molecule has 0 aromatic carbocycles. The van der Waals surface area contributed by atoms with Gasteiger partial charge in [-0.2, -0.15) is 4.52 Å². The number of carbonyl (C=O) groups is 1. The first kappa shape index (κ1) is 13.5. The van der Waals surface area contributed by atoms with Gasteiger partial charge in [0.1, 0.15) is 5.15 Å². The van der Waals surface area contributed by atoms with Crippen LogP contribution in [-0.4, -0.2) is 43.4 Å². The summed E-state index contributed by atoms with van der Waals surface area (Å²) in [4.78, 5) is 13.4. The third-order valence-corrected chi connectivity index (χ3v) is 2.86. The summed E-state index contributed by atoms with van der Waals surface area (Å²) in [6, 6.07) is 3.20. The molecule has 0 fully saturated rings. The summed E-state index contributed by atoms with van der Waals surface area (Å²) < 4.78 is 6.44. The molecule has 2 aromatic heterocycles. The van der Waals surface area contributed by atoms with Gasteiger partial charge in [0.15, 0.2) is 5.65 Å². The molecule has 2 aromatic rings. The number of hydrogen-bond acceptors (Lipinski definition) is 5. The van der Waals surface area contributed by atoms with E-state index in [0.717, 1.165) is 0 Å². The molecule has 2 heterocycles. The quantitative estimate of drug-likeness (QED) is 0.800. The second kappa shape index (κ2) is 4.65. The Labute approximate surface area is 115 Å². The van der Waals surface area contributed by atoms with Gasteiger partial charge in [-0.05, 0) is 32.9 Å². The fraction of sp³-hybridized carbons (Fsp3) is 0.455. The minimum atomic E-state index is -0.538. The maximum absolute atomic E-state index is 11.9. The maximum Gasteiger partial charge on any atom is 0.417 e. The summed E-state index contributed by atoms with van der Waals surface area (Å²) in [7, 11) is 1.64. The number of amides is 1. The molecule has 102 valence electrons. The molecule has 0 spiro atoms. The maximum atomic E-state index is 11.9. The third kappa shape index (κ3) is 2.76. The Morgan fingerprint density at radius 1 is 1.37 bits per heavy atom. The molecular weight excluding hydrogens is 270 g/mol. The van der Waals surface area contributed by atoms with E-state index in [1.807, 2.05) is 20.8 Å². The number of hydrogen-bond donors (Lipinski definition) is 0. The lowest BCUT2D eigenvalue weighted by Gasteiger charge is -2.30. The monoisotopic (exact) mass is 283 g/mol. The van der Waals surface area contributed by atoms with Crippen LogP contribution in [-0.2, 0) is 0 Å². The standard InChI is InChI=1S/C11H14ClN5O2/c1-11(2,3)16(4)10(18)19-9-14-13-8-6-5-7(12)15-17(8)9/h5-6H,1-4H3. The van der Waals surface area contributed by atoms with Gasteiger partial charge in [-0.3, -0.25) is 0 Å². The van der Waals surface area contributed by atoms with E-state index in [-0.39, 0.29) is 16.7 Å². The molecule has 0 bridgehead atoms. The first-order valence-electron chi connectivity index (χ1n) is 5.62. The van der Waals surface area contributed by atoms with Gasteiger partial charge in [0.25, 0.3) is 0 Å². The van der Waals surface area contributed by atoms with Crippen molar-refractivity contribution in [1.82, 2.24) is 24.7 Å². The molecule has 0 unspecified atom stereocenters. The van der Waals surface area contributed by atoms with E-state index in [1.165, 1.54) is 9.42 Å². The largest absolute Gasteiger partial charge is 0.417 e. The molecule has 0 saturated carbocycles. The van der Waals surface area contributed by atoms with E-state index in [1.54, 1.807) is 19.2 Å². The van der Waals surface area contributed by atoms with Crippen LogP contribution in [0.15, 0.2) is 12.1 Å². The van der Waals surface area contributed by atoms with E-state index in [0.29, 0.717) is 5.65 Å². The van der Waals surface area contributed by atoms with Crippen molar-refractivity contribution in [2.75, 3.05) is 7.05 Å². The number of halogens is 1. The minimum Gasteiger partial charge on any atom is -0.373 e. The zero-order valence-electron chi connectivity index (χ0n) is 11.1. The van der Waals surface area contributed by atoms with Crippen LogP contribution < -0.4 is 4.74 Å². The first-order valence-corrected chi connectivity index (χ1v) is 6.00. The van der Waals surface area contributed by atoms with E-state index in [4.69, 9.17) is 16.3 Å². The van der Waals surface area contributed by atoms with Gasteiger partial charge in [0.2, 0.25) is 0 Å². The SMILES string of the molecule is CN(C(=O)Oc1nnc2ccc(Cl)nn12)C(C)(C)C. The van der Waals surface area contributed by atoms with Crippen molar-refractivity contribution >= 4 is 23.3 Å². The Morgan fingerprint density at radius 2 is 2.05 bits per heavy atom. The van der Waals surface area contributed by atoms with Crippen LogP contribution in [0.1, 0.15) is 20.8 Å². The van der Waals surface area contributed by atoms with E-state index < -0.39 is 6.09 Å². The summed E-state index contributed by atoms with van der Waals surface area (Å²) >= 11 is 5.78. The van der Waals surface area contributed by atoms with Crippen LogP contribution in [0, 0.1) is 0 Å². The van der Waals surface area contributed by atoms with Crippen molar-refractivity contribution in [1.29, 1.82) is 0 Å². The number of rotatable bonds is 1. The molecular formula is C11H14ClN5O2. The van der Waals surface area contributed by atoms with Crippen LogP contribution in [0.3, 0.4) is 0 Å². The van der Waals surface area contributed by atoms with Gasteiger partial charge >= 0.3 is 12.1 Å². The van der Waals surface area contributed by atoms with Gasteiger partial charge < -0.3 is 9.64 Å². The molecule has 0 aliphatic rings. The second-order valence-electron chi connectivity index (χ2n) is 5.01. The van der Waals surface area contributed by atoms with Crippen molar-refractivity contribution < 1.29 is 9.53 Å². The Bertz CT molecular complexity index is 619. The lowest BCUT2D eigenvalue weighted by Crippen LogP contribution is -2.44. The van der Waals surface area contributed by atoms with Crippen LogP contribution >= 0.6 is 11.6 Å². The van der Waals surface area contributed by atoms with Crippen LogP contribution in [0.4, 0.5) is 4.79 Å². The van der Waals surface area contributed by atoms with Gasteiger partial charge in [0.05, 0.1) is 0 Å². The molecule has 7 nitrogen and oxygen atoms in total. The molecule has 1 amide bonds. The molecule has 0 atom stereocenters. The lowest BCUT2D eigenvalue weighted by molar-refractivity contribution is 0.120. The van der Waals surface area contributed by atoms with Crippen LogP contribution in [0.25, 0.3) is 5.65 Å². The molecule has 0 radical (unpaired) electrons. The average Bonchev–Trinajstić information content (AvgIpc) is 2.69. The topological polar surface area (TPSA) is 72.6 Å². The van der Waals surface area contributed by atoms with Crippen LogP contribution in [0.5, 0.6) is 6.01 Å². The van der Waals surface area contributed by atoms with Gasteiger partial charge in [-0.1, -0.05) is 16.7 Å². The predicted molar refractivity (Wildman–Crippen MR) is 69.3 cm³/mol. The zero-order chi connectivity index (χ0) is 14.2. The van der Waals surface area contributed by atoms with Crippen molar-refractivity contribution in [3.63, 3.8) is 0 Å². The second-order valence-corrected chi connectivity index (χ2v) is 5.39. The number of ether oxygens (including phenoxy) is 1. The highest BCUT2D eigenvalue weighted by Gasteiger charge is 2.25. The molecule has 2 rings (SSSR count). The number of fused-ring (bicyclic) bond motifs is 1. The van der Waals surface area contributed by atoms with Crippen LogP contribution in [0.2, 0.25) is 5.15 Å². The Balaban J connectivity index is 2.27. The fourth-order valence-corrected chi connectivity index (χ4v) is 1.37. The number of aromatic nitrogens is 4. The third-order valence-electron chi connectivity index (χ3n) is 2.66. The Morgan fingerprint density at radius 3 is 2.68 bits per heavy atom. The fourth-order valence-electron chi connectivity index (χ4n) is 1.23. The Hall–Kier alpha value is -1.89. The van der Waals surface area contributed by atoms with Crippen molar-refractivity contribution in [3.8, 4) is 6.01 Å². The summed E-state index contributed by atoms with van der Waals surface area (Å²) in [5.74, 6) is 0. The summed E-state index contributed by atoms with van der Waals surface area (Å²) in [6.45, 7) is 5.68. The summed E-state index contributed by atoms with van der Waals surface area (Å²) in [5, 5.41) is 11.8. The average molecular weight is 284 g/mol. The molecule has 0 saturated heterocycles. The van der Waals surface area contributed by atoms with Gasteiger partial charge in [-0.15, -0.1) is 10.2 Å². The normalized spacial score (nSPS) is 11.6. The summed E-state index contributed by atoms with van der Waals surface area (Å²) in [5.41, 5.74) is 0.0912. The highest BCUT2D eigenvalue weighted by Crippen LogP contribution is 2.16. The minimum absolute atomic E-state index is 0.0152.